The molecule has 7 heteroatoms. The molecule has 0 bridgehead atoms. The van der Waals surface area contributed by atoms with Crippen molar-refractivity contribution in [1.82, 2.24) is 25.1 Å². The van der Waals surface area contributed by atoms with Crippen molar-refractivity contribution in [2.75, 3.05) is 0 Å². The number of hydrogen-bond donors (Lipinski definition) is 2. The summed E-state index contributed by atoms with van der Waals surface area (Å²) in [5.41, 5.74) is 3.43. The first-order valence-electron chi connectivity index (χ1n) is 8.84. The van der Waals surface area contributed by atoms with Gasteiger partial charge in [0.2, 0.25) is 5.91 Å². The molecule has 4 rings (SSSR count). The van der Waals surface area contributed by atoms with Crippen LogP contribution in [-0.4, -0.2) is 25.7 Å². The number of halogens is 1. The van der Waals surface area contributed by atoms with E-state index >= 15 is 0 Å². The number of imidazole rings is 1. The number of nitrogens with zero attached hydrogens (tertiary/aromatic N) is 3. The van der Waals surface area contributed by atoms with E-state index in [4.69, 9.17) is 16.7 Å². The fraction of sp³-hybridized carbons (Fsp3) is 0.0952. The fourth-order valence-corrected chi connectivity index (χ4v) is 3.04. The number of para-hydroxylation sites is 1. The zero-order valence-electron chi connectivity index (χ0n) is 15.0. The van der Waals surface area contributed by atoms with E-state index in [1.54, 1.807) is 17.1 Å². The van der Waals surface area contributed by atoms with Crippen LogP contribution in [0, 0.1) is 0 Å². The molecule has 140 valence electrons. The number of carbonyl (C=O) groups excluding carboxylic acids is 1. The van der Waals surface area contributed by atoms with Gasteiger partial charge in [-0.3, -0.25) is 4.79 Å². The zero-order valence-corrected chi connectivity index (χ0v) is 15.7. The van der Waals surface area contributed by atoms with Gasteiger partial charge in [-0.15, -0.1) is 0 Å². The molecule has 0 saturated carbocycles. The van der Waals surface area contributed by atoms with Gasteiger partial charge in [-0.05, 0) is 24.3 Å². The van der Waals surface area contributed by atoms with Gasteiger partial charge in [-0.1, -0.05) is 41.9 Å². The number of aromatic nitrogens is 4. The van der Waals surface area contributed by atoms with E-state index in [0.29, 0.717) is 17.4 Å². The summed E-state index contributed by atoms with van der Waals surface area (Å²) in [6.07, 6.45) is 5.49. The van der Waals surface area contributed by atoms with Crippen molar-refractivity contribution in [2.45, 2.75) is 13.0 Å². The molecule has 4 aromatic rings. The molecule has 0 saturated heterocycles. The van der Waals surface area contributed by atoms with Crippen molar-refractivity contribution in [1.29, 1.82) is 0 Å². The third-order valence-corrected chi connectivity index (χ3v) is 4.54. The predicted octanol–water partition coefficient (Wildman–Crippen LogP) is 3.77. The van der Waals surface area contributed by atoms with Crippen LogP contribution in [0.4, 0.5) is 0 Å². The van der Waals surface area contributed by atoms with Crippen molar-refractivity contribution in [3.63, 3.8) is 0 Å². The monoisotopic (exact) mass is 391 g/mol. The summed E-state index contributed by atoms with van der Waals surface area (Å²) in [5.74, 6) is 0.616. The lowest BCUT2D eigenvalue weighted by molar-refractivity contribution is -0.120. The predicted molar refractivity (Wildman–Crippen MR) is 108 cm³/mol. The highest BCUT2D eigenvalue weighted by Gasteiger charge is 2.15. The highest BCUT2D eigenvalue weighted by atomic mass is 35.5. The van der Waals surface area contributed by atoms with Gasteiger partial charge in [0, 0.05) is 34.7 Å². The normalized spacial score (nSPS) is 10.8. The maximum absolute atomic E-state index is 12.5. The summed E-state index contributed by atoms with van der Waals surface area (Å²) in [7, 11) is 0. The van der Waals surface area contributed by atoms with E-state index in [2.05, 4.69) is 15.3 Å². The van der Waals surface area contributed by atoms with Crippen LogP contribution in [0.5, 0.6) is 0 Å². The van der Waals surface area contributed by atoms with E-state index in [9.17, 15) is 4.79 Å². The summed E-state index contributed by atoms with van der Waals surface area (Å²) < 4.78 is 1.79. The number of rotatable bonds is 6. The molecule has 0 radical (unpaired) electrons. The average molecular weight is 392 g/mol. The molecule has 0 aliphatic carbocycles. The SMILES string of the molecule is O=C(Cc1cn(-c2ccccc2)nc1-c1ccc(Cl)cc1)NCc1ncc[nH]1. The quantitative estimate of drug-likeness (QED) is 0.525. The number of hydrogen-bond acceptors (Lipinski definition) is 3. The van der Waals surface area contributed by atoms with Gasteiger partial charge in [-0.2, -0.15) is 5.10 Å². The van der Waals surface area contributed by atoms with Gasteiger partial charge >= 0.3 is 0 Å². The number of aromatic amines is 1. The van der Waals surface area contributed by atoms with Gasteiger partial charge < -0.3 is 10.3 Å². The summed E-state index contributed by atoms with van der Waals surface area (Å²) in [5, 5.41) is 8.25. The van der Waals surface area contributed by atoms with Crippen molar-refractivity contribution < 1.29 is 4.79 Å². The Kier molecular flexibility index (Phi) is 5.21. The van der Waals surface area contributed by atoms with Gasteiger partial charge in [0.25, 0.3) is 0 Å². The van der Waals surface area contributed by atoms with Gasteiger partial charge in [0.15, 0.2) is 0 Å². The molecule has 1 amide bonds. The fourth-order valence-electron chi connectivity index (χ4n) is 2.92. The smallest absolute Gasteiger partial charge is 0.224 e. The van der Waals surface area contributed by atoms with Gasteiger partial charge in [-0.25, -0.2) is 9.67 Å². The van der Waals surface area contributed by atoms with Crippen molar-refractivity contribution in [3.05, 3.63) is 89.6 Å². The number of benzene rings is 2. The molecule has 0 unspecified atom stereocenters. The third kappa shape index (κ3) is 4.13. The van der Waals surface area contributed by atoms with E-state index < -0.39 is 0 Å². The number of carbonyl (C=O) groups is 1. The van der Waals surface area contributed by atoms with E-state index in [0.717, 1.165) is 22.5 Å². The second kappa shape index (κ2) is 8.10. The van der Waals surface area contributed by atoms with Crippen LogP contribution in [0.25, 0.3) is 16.9 Å². The molecule has 2 N–H and O–H groups in total. The number of amides is 1. The van der Waals surface area contributed by atoms with Crippen molar-refractivity contribution in [3.8, 4) is 16.9 Å². The average Bonchev–Trinajstić information content (AvgIpc) is 3.38. The molecule has 0 aliphatic rings. The second-order valence-electron chi connectivity index (χ2n) is 6.28. The zero-order chi connectivity index (χ0) is 19.3. The van der Waals surface area contributed by atoms with Crippen LogP contribution in [0.3, 0.4) is 0 Å². The Labute approximate surface area is 167 Å². The topological polar surface area (TPSA) is 75.6 Å². The maximum Gasteiger partial charge on any atom is 0.224 e. The molecule has 0 spiro atoms. The Morgan fingerprint density at radius 2 is 1.89 bits per heavy atom. The summed E-state index contributed by atoms with van der Waals surface area (Å²) in [6.45, 7) is 0.356. The van der Waals surface area contributed by atoms with Crippen LogP contribution in [0.2, 0.25) is 5.02 Å². The first kappa shape index (κ1) is 18.0. The number of nitrogens with one attached hydrogen (secondary N) is 2. The van der Waals surface area contributed by atoms with Gasteiger partial charge in [0.1, 0.15) is 5.82 Å². The molecule has 0 fully saturated rings. The lowest BCUT2D eigenvalue weighted by Crippen LogP contribution is -2.25. The minimum absolute atomic E-state index is 0.0979. The highest BCUT2D eigenvalue weighted by molar-refractivity contribution is 6.30. The maximum atomic E-state index is 12.5. The van der Waals surface area contributed by atoms with Crippen LogP contribution in [0.15, 0.2) is 73.2 Å². The van der Waals surface area contributed by atoms with E-state index in [1.165, 1.54) is 0 Å². The molecule has 6 nitrogen and oxygen atoms in total. The third-order valence-electron chi connectivity index (χ3n) is 4.29. The minimum atomic E-state index is -0.0979. The summed E-state index contributed by atoms with van der Waals surface area (Å²) >= 11 is 6.02. The molecule has 2 heterocycles. The largest absolute Gasteiger partial charge is 0.349 e. The van der Waals surface area contributed by atoms with Crippen LogP contribution in [-0.2, 0) is 17.8 Å². The molecule has 0 aliphatic heterocycles. The Bertz CT molecular complexity index is 1060. The van der Waals surface area contributed by atoms with Crippen molar-refractivity contribution >= 4 is 17.5 Å². The van der Waals surface area contributed by atoms with Gasteiger partial charge in [0.05, 0.1) is 24.3 Å². The Morgan fingerprint density at radius 3 is 2.61 bits per heavy atom. The second-order valence-corrected chi connectivity index (χ2v) is 6.72. The summed E-state index contributed by atoms with van der Waals surface area (Å²) in [4.78, 5) is 19.6. The molecule has 2 aromatic carbocycles. The Hall–Kier alpha value is -3.38. The standard InChI is InChI=1S/C21H18ClN5O/c22-17-8-6-15(7-9-17)21-16(12-20(28)25-13-19-23-10-11-24-19)14-27(26-21)18-4-2-1-3-5-18/h1-11,14H,12-13H2,(H,23,24)(H,25,28). The molecular formula is C21H18ClN5O. The van der Waals surface area contributed by atoms with Crippen LogP contribution < -0.4 is 5.32 Å². The highest BCUT2D eigenvalue weighted by Crippen LogP contribution is 2.25. The molecule has 2 aromatic heterocycles. The molecular weight excluding hydrogens is 374 g/mol. The Balaban J connectivity index is 1.61. The summed E-state index contributed by atoms with van der Waals surface area (Å²) in [6, 6.07) is 17.3. The first-order chi connectivity index (χ1) is 13.7. The lowest BCUT2D eigenvalue weighted by Gasteiger charge is -2.04. The molecule has 0 atom stereocenters. The van der Waals surface area contributed by atoms with Crippen LogP contribution in [0.1, 0.15) is 11.4 Å². The van der Waals surface area contributed by atoms with E-state index in [-0.39, 0.29) is 12.3 Å². The minimum Gasteiger partial charge on any atom is -0.349 e. The lowest BCUT2D eigenvalue weighted by atomic mass is 10.1. The van der Waals surface area contributed by atoms with Crippen LogP contribution >= 0.6 is 11.6 Å². The van der Waals surface area contributed by atoms with Crippen molar-refractivity contribution in [2.24, 2.45) is 0 Å². The van der Waals surface area contributed by atoms with E-state index in [1.807, 2.05) is 60.8 Å². The molecule has 28 heavy (non-hydrogen) atoms. The first-order valence-corrected chi connectivity index (χ1v) is 9.22. The Morgan fingerprint density at radius 1 is 1.11 bits per heavy atom. The number of H-pyrrole nitrogens is 1.